The molecule has 1 N–H and O–H groups in total. The maximum Gasteiger partial charge on any atom is 0.417 e. The highest BCUT2D eigenvalue weighted by Gasteiger charge is 2.37. The molecule has 0 heterocycles. The van der Waals surface area contributed by atoms with Gasteiger partial charge in [-0.3, -0.25) is 13.9 Å². The SMILES string of the molecule is CS(=O)(=O)N(CC(=O)N(Cc1ccc(Cl)cc1)[C@H](Cc1ccccc1)C(=O)NC1CCCCC1)c1ccc(Cl)c(C(F)(F)F)c1. The number of rotatable bonds is 11. The zero-order valence-corrected chi connectivity index (χ0v) is 26.9. The summed E-state index contributed by atoms with van der Waals surface area (Å²) in [5, 5.41) is 2.93. The lowest BCUT2D eigenvalue weighted by atomic mass is 9.94. The van der Waals surface area contributed by atoms with Gasteiger partial charge in [0.15, 0.2) is 0 Å². The Labute approximate surface area is 271 Å². The van der Waals surface area contributed by atoms with Crippen LogP contribution in [-0.2, 0) is 38.8 Å². The van der Waals surface area contributed by atoms with Crippen molar-refractivity contribution in [1.29, 1.82) is 0 Å². The highest BCUT2D eigenvalue weighted by molar-refractivity contribution is 7.92. The molecule has 3 aromatic rings. The molecule has 0 radical (unpaired) electrons. The summed E-state index contributed by atoms with van der Waals surface area (Å²) in [6.45, 7) is -0.940. The Hall–Kier alpha value is -3.28. The first-order valence-corrected chi connectivity index (χ1v) is 17.1. The van der Waals surface area contributed by atoms with E-state index in [9.17, 15) is 31.2 Å². The number of benzene rings is 3. The molecule has 1 aliphatic carbocycles. The largest absolute Gasteiger partial charge is 0.417 e. The van der Waals surface area contributed by atoms with E-state index in [1.807, 2.05) is 18.2 Å². The van der Waals surface area contributed by atoms with Crippen molar-refractivity contribution in [2.75, 3.05) is 17.1 Å². The minimum Gasteiger partial charge on any atom is -0.352 e. The molecule has 0 aliphatic heterocycles. The number of hydrogen-bond donors (Lipinski definition) is 1. The third-order valence-electron chi connectivity index (χ3n) is 7.71. The molecule has 1 saturated carbocycles. The standard InChI is InChI=1S/C32H34Cl2F3N3O4S/c1-45(43,44)40(26-16-17-28(34)27(19-26)32(35,36)37)21-30(41)39(20-23-12-14-24(33)15-13-23)29(18-22-8-4-2-5-9-22)31(42)38-25-10-6-3-7-11-25/h2,4-5,8-9,12-17,19,25,29H,3,6-7,10-11,18,20-21H2,1H3,(H,38,42)/t29-/m1/s1. The number of nitrogens with zero attached hydrogens (tertiary/aromatic N) is 2. The summed E-state index contributed by atoms with van der Waals surface area (Å²) in [4.78, 5) is 29.4. The molecule has 0 saturated heterocycles. The summed E-state index contributed by atoms with van der Waals surface area (Å²) in [6, 6.07) is 17.2. The fourth-order valence-corrected chi connectivity index (χ4v) is 6.58. The van der Waals surface area contributed by atoms with Crippen LogP contribution in [0.5, 0.6) is 0 Å². The van der Waals surface area contributed by atoms with Gasteiger partial charge in [0.05, 0.1) is 22.5 Å². The molecular formula is C32H34Cl2F3N3O4S. The van der Waals surface area contributed by atoms with Crippen LogP contribution >= 0.6 is 23.2 Å². The summed E-state index contributed by atoms with van der Waals surface area (Å²) in [5.41, 5.74) is -0.245. The fraction of sp³-hybridized carbons (Fsp3) is 0.375. The topological polar surface area (TPSA) is 86.8 Å². The lowest BCUT2D eigenvalue weighted by Gasteiger charge is -2.35. The van der Waals surface area contributed by atoms with Crippen molar-refractivity contribution in [3.8, 4) is 0 Å². The second-order valence-electron chi connectivity index (χ2n) is 11.1. The molecule has 242 valence electrons. The quantitative estimate of drug-likeness (QED) is 0.239. The van der Waals surface area contributed by atoms with E-state index in [-0.39, 0.29) is 24.7 Å². The summed E-state index contributed by atoms with van der Waals surface area (Å²) < 4.78 is 67.5. The number of carbonyl (C=O) groups excluding carboxylic acids is 2. The molecule has 1 aliphatic rings. The maximum absolute atomic E-state index is 14.2. The van der Waals surface area contributed by atoms with Crippen molar-refractivity contribution >= 4 is 50.7 Å². The van der Waals surface area contributed by atoms with E-state index < -0.39 is 51.2 Å². The van der Waals surface area contributed by atoms with E-state index in [0.717, 1.165) is 56.1 Å². The van der Waals surface area contributed by atoms with Gasteiger partial charge >= 0.3 is 6.18 Å². The van der Waals surface area contributed by atoms with E-state index in [2.05, 4.69) is 5.32 Å². The third-order valence-corrected chi connectivity index (χ3v) is 9.43. The molecule has 1 atom stereocenters. The van der Waals surface area contributed by atoms with Crippen LogP contribution in [0.3, 0.4) is 0 Å². The normalized spacial score (nSPS) is 14.9. The highest BCUT2D eigenvalue weighted by atomic mass is 35.5. The van der Waals surface area contributed by atoms with Gasteiger partial charge in [-0.15, -0.1) is 0 Å². The van der Waals surface area contributed by atoms with Crippen molar-refractivity contribution in [3.05, 3.63) is 99.5 Å². The Morgan fingerprint density at radius 1 is 0.933 bits per heavy atom. The molecule has 2 amide bonds. The molecule has 3 aromatic carbocycles. The van der Waals surface area contributed by atoms with Crippen molar-refractivity contribution in [3.63, 3.8) is 0 Å². The molecule has 4 rings (SSSR count). The maximum atomic E-state index is 14.2. The van der Waals surface area contributed by atoms with Gasteiger partial charge in [-0.2, -0.15) is 13.2 Å². The van der Waals surface area contributed by atoms with Gasteiger partial charge in [-0.1, -0.05) is 84.9 Å². The predicted octanol–water partition coefficient (Wildman–Crippen LogP) is 6.87. The van der Waals surface area contributed by atoms with Crippen LogP contribution in [0.2, 0.25) is 10.0 Å². The van der Waals surface area contributed by atoms with Gasteiger partial charge in [-0.05, 0) is 54.3 Å². The minimum atomic E-state index is -4.86. The fourth-order valence-electron chi connectivity index (χ4n) is 5.38. The average Bonchev–Trinajstić information content (AvgIpc) is 2.99. The molecule has 7 nitrogen and oxygen atoms in total. The summed E-state index contributed by atoms with van der Waals surface area (Å²) >= 11 is 11.8. The van der Waals surface area contributed by atoms with Gasteiger partial charge in [0, 0.05) is 24.0 Å². The number of carbonyl (C=O) groups is 2. The summed E-state index contributed by atoms with van der Waals surface area (Å²) in [5.74, 6) is -1.18. The monoisotopic (exact) mass is 683 g/mol. The van der Waals surface area contributed by atoms with E-state index in [1.165, 1.54) is 4.90 Å². The van der Waals surface area contributed by atoms with Crippen molar-refractivity contribution < 1.29 is 31.2 Å². The minimum absolute atomic E-state index is 0.0700. The van der Waals surface area contributed by atoms with Crippen molar-refractivity contribution in [1.82, 2.24) is 10.2 Å². The Kier molecular flexibility index (Phi) is 11.4. The zero-order chi connectivity index (χ0) is 32.8. The Morgan fingerprint density at radius 2 is 1.58 bits per heavy atom. The van der Waals surface area contributed by atoms with Crippen LogP contribution in [0.15, 0.2) is 72.8 Å². The van der Waals surface area contributed by atoms with Crippen LogP contribution < -0.4 is 9.62 Å². The van der Waals surface area contributed by atoms with E-state index in [0.29, 0.717) is 21.0 Å². The summed E-state index contributed by atoms with van der Waals surface area (Å²) in [6.07, 6.45) is 0.656. The van der Waals surface area contributed by atoms with E-state index in [4.69, 9.17) is 23.2 Å². The van der Waals surface area contributed by atoms with Crippen molar-refractivity contribution in [2.45, 2.75) is 63.3 Å². The summed E-state index contributed by atoms with van der Waals surface area (Å²) in [7, 11) is -4.27. The number of halogens is 5. The third kappa shape index (κ3) is 9.61. The lowest BCUT2D eigenvalue weighted by Crippen LogP contribution is -2.55. The molecular weight excluding hydrogens is 650 g/mol. The number of alkyl halides is 3. The zero-order valence-electron chi connectivity index (χ0n) is 24.6. The number of nitrogens with one attached hydrogen (secondary N) is 1. The second-order valence-corrected chi connectivity index (χ2v) is 13.9. The molecule has 13 heteroatoms. The van der Waals surface area contributed by atoms with Gasteiger partial charge in [0.25, 0.3) is 0 Å². The van der Waals surface area contributed by atoms with E-state index >= 15 is 0 Å². The van der Waals surface area contributed by atoms with Crippen LogP contribution in [0.1, 0.15) is 48.8 Å². The first-order valence-electron chi connectivity index (χ1n) is 14.4. The number of anilines is 1. The predicted molar refractivity (Wildman–Crippen MR) is 170 cm³/mol. The first-order chi connectivity index (χ1) is 21.2. The average molecular weight is 685 g/mol. The van der Waals surface area contributed by atoms with E-state index in [1.54, 1.807) is 36.4 Å². The number of sulfonamides is 1. The Morgan fingerprint density at radius 3 is 2.18 bits per heavy atom. The van der Waals surface area contributed by atoms with Gasteiger partial charge in [-0.25, -0.2) is 8.42 Å². The molecule has 0 aromatic heterocycles. The Balaban J connectivity index is 1.75. The number of hydrogen-bond acceptors (Lipinski definition) is 4. The van der Waals surface area contributed by atoms with Crippen molar-refractivity contribution in [2.24, 2.45) is 0 Å². The van der Waals surface area contributed by atoms with Crippen LogP contribution in [-0.4, -0.2) is 50.0 Å². The highest BCUT2D eigenvalue weighted by Crippen LogP contribution is 2.37. The van der Waals surface area contributed by atoms with Crippen LogP contribution in [0, 0.1) is 0 Å². The van der Waals surface area contributed by atoms with Crippen LogP contribution in [0.4, 0.5) is 18.9 Å². The van der Waals surface area contributed by atoms with Gasteiger partial charge in [0.1, 0.15) is 12.6 Å². The smallest absolute Gasteiger partial charge is 0.352 e. The lowest BCUT2D eigenvalue weighted by molar-refractivity contribution is -0.140. The van der Waals surface area contributed by atoms with Crippen LogP contribution in [0.25, 0.3) is 0 Å². The molecule has 1 fully saturated rings. The first kappa shape index (κ1) is 34.6. The molecule has 45 heavy (non-hydrogen) atoms. The molecule has 0 spiro atoms. The van der Waals surface area contributed by atoms with Gasteiger partial charge < -0.3 is 10.2 Å². The second kappa shape index (κ2) is 14.9. The Bertz CT molecular complexity index is 1580. The number of amides is 2. The molecule has 0 unspecified atom stereocenters. The van der Waals surface area contributed by atoms with Gasteiger partial charge in [0.2, 0.25) is 21.8 Å². The molecule has 0 bridgehead atoms.